The summed E-state index contributed by atoms with van der Waals surface area (Å²) < 4.78 is 0. The summed E-state index contributed by atoms with van der Waals surface area (Å²) in [5, 5.41) is 0. The molecule has 0 N–H and O–H groups in total. The molecule has 4 atom stereocenters. The highest BCUT2D eigenvalue weighted by Crippen LogP contribution is 2.52. The lowest BCUT2D eigenvalue weighted by atomic mass is 9.56. The van der Waals surface area contributed by atoms with Crippen molar-refractivity contribution in [1.82, 2.24) is 0 Å². The summed E-state index contributed by atoms with van der Waals surface area (Å²) >= 11 is 0. The molecule has 2 aliphatic carbocycles. The van der Waals surface area contributed by atoms with Crippen LogP contribution in [-0.2, 0) is 0 Å². The average Bonchev–Trinajstić information content (AvgIpc) is 2.17. The molecule has 0 aliphatic heterocycles. The van der Waals surface area contributed by atoms with Gasteiger partial charge in [-0.1, -0.05) is 38.2 Å². The van der Waals surface area contributed by atoms with Crippen molar-refractivity contribution in [2.45, 2.75) is 46.5 Å². The van der Waals surface area contributed by atoms with Crippen molar-refractivity contribution in [2.24, 2.45) is 23.2 Å². The smallest absolute Gasteiger partial charge is 0.0205 e. The number of hydrogen-bond acceptors (Lipinski definition) is 0. The molecule has 84 valence electrons. The molecule has 0 aromatic carbocycles. The van der Waals surface area contributed by atoms with Crippen LogP contribution in [0.1, 0.15) is 46.5 Å². The first-order chi connectivity index (χ1) is 7.03. The van der Waals surface area contributed by atoms with Crippen LogP contribution in [0.4, 0.5) is 0 Å². The summed E-state index contributed by atoms with van der Waals surface area (Å²) in [4.78, 5) is 0. The monoisotopic (exact) mass is 204 g/mol. The minimum Gasteiger partial charge on any atom is -0.0999 e. The highest BCUT2D eigenvalue weighted by molar-refractivity contribution is 5.10. The Kier molecular flexibility index (Phi) is 2.79. The molecule has 2 rings (SSSR count). The van der Waals surface area contributed by atoms with Crippen molar-refractivity contribution in [3.63, 3.8) is 0 Å². The Bertz CT molecular complexity index is 286. The quantitative estimate of drug-likeness (QED) is 0.548. The molecule has 0 amide bonds. The molecule has 0 saturated heterocycles. The van der Waals surface area contributed by atoms with Crippen LogP contribution in [0.15, 0.2) is 24.3 Å². The zero-order valence-corrected chi connectivity index (χ0v) is 10.4. The van der Waals surface area contributed by atoms with Gasteiger partial charge in [0.2, 0.25) is 0 Å². The molecule has 0 heterocycles. The molecule has 0 radical (unpaired) electrons. The molecule has 1 saturated carbocycles. The molecule has 0 aromatic heterocycles. The van der Waals surface area contributed by atoms with Gasteiger partial charge >= 0.3 is 0 Å². The number of hydrogen-bond donors (Lipinski definition) is 0. The Morgan fingerprint density at radius 2 is 2.20 bits per heavy atom. The topological polar surface area (TPSA) is 0 Å². The first kappa shape index (κ1) is 11.0. The van der Waals surface area contributed by atoms with Crippen LogP contribution < -0.4 is 0 Å². The summed E-state index contributed by atoms with van der Waals surface area (Å²) in [7, 11) is 0. The lowest BCUT2D eigenvalue weighted by molar-refractivity contribution is 0.0582. The Hall–Kier alpha value is -0.520. The molecular weight excluding hydrogens is 180 g/mol. The molecule has 0 heteroatoms. The predicted molar refractivity (Wildman–Crippen MR) is 66.7 cm³/mol. The Morgan fingerprint density at radius 3 is 2.87 bits per heavy atom. The second-order valence-corrected chi connectivity index (χ2v) is 6.07. The first-order valence-corrected chi connectivity index (χ1v) is 6.35. The maximum absolute atomic E-state index is 4.15. The van der Waals surface area contributed by atoms with Crippen molar-refractivity contribution in [1.29, 1.82) is 0 Å². The second-order valence-electron chi connectivity index (χ2n) is 6.07. The summed E-state index contributed by atoms with van der Waals surface area (Å²) in [6.07, 6.45) is 10.3. The van der Waals surface area contributed by atoms with Gasteiger partial charge in [-0.2, -0.15) is 0 Å². The van der Waals surface area contributed by atoms with Gasteiger partial charge in [-0.3, -0.25) is 0 Å². The fourth-order valence-electron chi connectivity index (χ4n) is 3.63. The van der Waals surface area contributed by atoms with E-state index in [0.29, 0.717) is 5.41 Å². The van der Waals surface area contributed by atoms with Crippen LogP contribution in [-0.4, -0.2) is 0 Å². The molecule has 15 heavy (non-hydrogen) atoms. The van der Waals surface area contributed by atoms with E-state index >= 15 is 0 Å². The minimum absolute atomic E-state index is 0.583. The molecule has 1 fully saturated rings. The number of rotatable bonds is 1. The van der Waals surface area contributed by atoms with Crippen molar-refractivity contribution >= 4 is 0 Å². The van der Waals surface area contributed by atoms with Crippen LogP contribution in [0, 0.1) is 23.2 Å². The van der Waals surface area contributed by atoms with Crippen molar-refractivity contribution in [2.75, 3.05) is 0 Å². The third kappa shape index (κ3) is 1.91. The lowest BCUT2D eigenvalue weighted by Crippen LogP contribution is -2.39. The Labute approximate surface area is 94.5 Å². The summed E-state index contributed by atoms with van der Waals surface area (Å²) in [6.45, 7) is 11.2. The molecule has 0 unspecified atom stereocenters. The maximum atomic E-state index is 4.15. The Balaban J connectivity index is 2.17. The normalized spacial score (nSPS) is 44.9. The van der Waals surface area contributed by atoms with E-state index in [9.17, 15) is 0 Å². The zero-order valence-electron chi connectivity index (χ0n) is 10.4. The maximum Gasteiger partial charge on any atom is -0.0205 e. The van der Waals surface area contributed by atoms with Gasteiger partial charge in [0.1, 0.15) is 0 Å². The molecule has 2 aliphatic rings. The highest BCUT2D eigenvalue weighted by atomic mass is 14.5. The van der Waals surface area contributed by atoms with Gasteiger partial charge in [0.25, 0.3) is 0 Å². The van der Waals surface area contributed by atoms with Gasteiger partial charge in [0.15, 0.2) is 0 Å². The van der Waals surface area contributed by atoms with Crippen molar-refractivity contribution < 1.29 is 0 Å². The third-order valence-electron chi connectivity index (χ3n) is 4.85. The van der Waals surface area contributed by atoms with E-state index in [2.05, 4.69) is 39.5 Å². The average molecular weight is 204 g/mol. The fraction of sp³-hybridized carbons (Fsp3) is 0.733. The molecule has 0 aromatic rings. The predicted octanol–water partition coefficient (Wildman–Crippen LogP) is 4.58. The van der Waals surface area contributed by atoms with E-state index in [0.717, 1.165) is 17.8 Å². The fourth-order valence-corrected chi connectivity index (χ4v) is 3.63. The zero-order chi connectivity index (χ0) is 11.1. The highest BCUT2D eigenvalue weighted by Gasteiger charge is 2.42. The van der Waals surface area contributed by atoms with Crippen molar-refractivity contribution in [3.05, 3.63) is 24.3 Å². The molecule has 0 bridgehead atoms. The standard InChI is InChI=1S/C15H24/c1-11(2)13-7-9-15(4)8-5-6-12(3)14(15)10-13/h5-6,12-14H,1,7-10H2,2-4H3/t12-,13+,14-,15-/m1/s1. The number of fused-ring (bicyclic) bond motifs is 1. The molecule has 0 spiro atoms. The summed E-state index contributed by atoms with van der Waals surface area (Å²) in [5.41, 5.74) is 1.99. The van der Waals surface area contributed by atoms with Gasteiger partial charge in [-0.05, 0) is 55.8 Å². The van der Waals surface area contributed by atoms with E-state index in [1.165, 1.54) is 31.3 Å². The molecule has 0 nitrogen and oxygen atoms in total. The first-order valence-electron chi connectivity index (χ1n) is 6.35. The lowest BCUT2D eigenvalue weighted by Gasteiger charge is -2.48. The van der Waals surface area contributed by atoms with E-state index < -0.39 is 0 Å². The minimum atomic E-state index is 0.583. The largest absolute Gasteiger partial charge is 0.0999 e. The van der Waals surface area contributed by atoms with Crippen molar-refractivity contribution in [3.8, 4) is 0 Å². The summed E-state index contributed by atoms with van der Waals surface area (Å²) in [5.74, 6) is 2.45. The molecular formula is C15H24. The summed E-state index contributed by atoms with van der Waals surface area (Å²) in [6, 6.07) is 0. The number of allylic oxidation sites excluding steroid dienone is 3. The van der Waals surface area contributed by atoms with Gasteiger partial charge in [-0.15, -0.1) is 0 Å². The van der Waals surface area contributed by atoms with E-state index in [1.54, 1.807) is 0 Å². The van der Waals surface area contributed by atoms with Crippen LogP contribution in [0.25, 0.3) is 0 Å². The van der Waals surface area contributed by atoms with Crippen LogP contribution in [0.5, 0.6) is 0 Å². The van der Waals surface area contributed by atoms with Gasteiger partial charge in [-0.25, -0.2) is 0 Å². The Morgan fingerprint density at radius 1 is 1.47 bits per heavy atom. The van der Waals surface area contributed by atoms with Gasteiger partial charge in [0.05, 0.1) is 0 Å². The van der Waals surface area contributed by atoms with E-state index in [-0.39, 0.29) is 0 Å². The van der Waals surface area contributed by atoms with E-state index in [4.69, 9.17) is 0 Å². The third-order valence-corrected chi connectivity index (χ3v) is 4.85. The van der Waals surface area contributed by atoms with Crippen LogP contribution >= 0.6 is 0 Å². The van der Waals surface area contributed by atoms with E-state index in [1.807, 2.05) is 0 Å². The van der Waals surface area contributed by atoms with Gasteiger partial charge < -0.3 is 0 Å². The SMILES string of the molecule is C=C(C)[C@H]1CC[C@@]2(C)CC=C[C@@H](C)[C@H]2C1. The second kappa shape index (κ2) is 3.81. The van der Waals surface area contributed by atoms with Crippen LogP contribution in [0.3, 0.4) is 0 Å². The van der Waals surface area contributed by atoms with Gasteiger partial charge in [0, 0.05) is 0 Å². The van der Waals surface area contributed by atoms with Crippen LogP contribution in [0.2, 0.25) is 0 Å².